The van der Waals surface area contributed by atoms with Crippen LogP contribution in [-0.2, 0) is 11.3 Å². The van der Waals surface area contributed by atoms with Gasteiger partial charge in [0.2, 0.25) is 6.79 Å². The highest BCUT2D eigenvalue weighted by molar-refractivity contribution is 7.22. The number of anilines is 1. The van der Waals surface area contributed by atoms with Crippen LogP contribution in [-0.4, -0.2) is 29.3 Å². The highest BCUT2D eigenvalue weighted by Crippen LogP contribution is 2.40. The van der Waals surface area contributed by atoms with Gasteiger partial charge in [-0.05, 0) is 35.9 Å². The lowest BCUT2D eigenvalue weighted by Gasteiger charge is -2.20. The molecule has 0 bridgehead atoms. The zero-order valence-corrected chi connectivity index (χ0v) is 17.7. The molecule has 0 saturated heterocycles. The molecule has 0 aliphatic carbocycles. The number of halogens is 1. The van der Waals surface area contributed by atoms with Gasteiger partial charge in [-0.1, -0.05) is 29.0 Å². The zero-order valence-electron chi connectivity index (χ0n) is 16.2. The number of nitrogens with zero attached hydrogens (tertiary/aromatic N) is 3. The van der Waals surface area contributed by atoms with E-state index in [1.54, 1.807) is 41.6 Å². The molecule has 9 heteroatoms. The van der Waals surface area contributed by atoms with Crippen LogP contribution in [0.15, 0.2) is 60.9 Å². The molecular weight excluding hydrogens is 438 g/mol. The standard InChI is InChI=1S/C22H16ClN3O4S/c23-15-3-5-16(6-4-15)28-12-21(27)26(11-14-2-1-7-24-10-14)22-25-17-8-18-19(30-13-29-18)9-20(17)31-22/h1-10H,11-13H2. The SMILES string of the molecule is O=C(COc1ccc(Cl)cc1)N(Cc1cccnc1)c1nc2cc3c(cc2s1)OCO3. The molecule has 0 N–H and O–H groups in total. The van der Waals surface area contributed by atoms with E-state index in [0.29, 0.717) is 33.9 Å². The van der Waals surface area contributed by atoms with Crippen LogP contribution in [0.2, 0.25) is 5.02 Å². The summed E-state index contributed by atoms with van der Waals surface area (Å²) in [4.78, 5) is 23.6. The number of benzene rings is 2. The fraction of sp³-hybridized carbons (Fsp3) is 0.136. The summed E-state index contributed by atoms with van der Waals surface area (Å²) in [5.74, 6) is 1.67. The summed E-state index contributed by atoms with van der Waals surface area (Å²) in [6.45, 7) is 0.386. The molecule has 31 heavy (non-hydrogen) atoms. The van der Waals surface area contributed by atoms with E-state index in [-0.39, 0.29) is 19.3 Å². The number of rotatable bonds is 6. The summed E-state index contributed by atoms with van der Waals surface area (Å²) < 4.78 is 17.5. The second-order valence-corrected chi connectivity index (χ2v) is 8.20. The van der Waals surface area contributed by atoms with Gasteiger partial charge in [-0.3, -0.25) is 14.7 Å². The molecule has 0 unspecified atom stereocenters. The van der Waals surface area contributed by atoms with Crippen LogP contribution in [0.1, 0.15) is 5.56 Å². The number of fused-ring (bicyclic) bond motifs is 2. The van der Waals surface area contributed by atoms with Crippen LogP contribution in [0.3, 0.4) is 0 Å². The van der Waals surface area contributed by atoms with Gasteiger partial charge in [-0.2, -0.15) is 0 Å². The molecule has 5 rings (SSSR count). The van der Waals surface area contributed by atoms with Gasteiger partial charge >= 0.3 is 0 Å². The first-order valence-corrected chi connectivity index (χ1v) is 10.6. The Hall–Kier alpha value is -3.36. The molecule has 3 heterocycles. The zero-order chi connectivity index (χ0) is 21.2. The van der Waals surface area contributed by atoms with E-state index in [0.717, 1.165) is 15.8 Å². The highest BCUT2D eigenvalue weighted by atomic mass is 35.5. The minimum absolute atomic E-state index is 0.138. The predicted molar refractivity (Wildman–Crippen MR) is 118 cm³/mol. The third-order valence-electron chi connectivity index (χ3n) is 4.64. The van der Waals surface area contributed by atoms with Gasteiger partial charge in [0.05, 0.1) is 16.8 Å². The average Bonchev–Trinajstić information content (AvgIpc) is 3.41. The van der Waals surface area contributed by atoms with E-state index in [2.05, 4.69) is 9.97 Å². The predicted octanol–water partition coefficient (Wildman–Crippen LogP) is 4.69. The highest BCUT2D eigenvalue weighted by Gasteiger charge is 2.23. The van der Waals surface area contributed by atoms with Crippen molar-refractivity contribution in [1.82, 2.24) is 9.97 Å². The molecule has 1 aliphatic rings. The van der Waals surface area contributed by atoms with Crippen molar-refractivity contribution in [3.63, 3.8) is 0 Å². The second-order valence-electron chi connectivity index (χ2n) is 6.75. The summed E-state index contributed by atoms with van der Waals surface area (Å²) in [6.07, 6.45) is 3.42. The molecule has 2 aromatic carbocycles. The number of amides is 1. The normalized spacial score (nSPS) is 12.2. The molecule has 1 amide bonds. The van der Waals surface area contributed by atoms with Crippen molar-refractivity contribution < 1.29 is 19.0 Å². The largest absolute Gasteiger partial charge is 0.484 e. The quantitative estimate of drug-likeness (QED) is 0.422. The van der Waals surface area contributed by atoms with Crippen molar-refractivity contribution in [3.8, 4) is 17.2 Å². The lowest BCUT2D eigenvalue weighted by Crippen LogP contribution is -2.34. The van der Waals surface area contributed by atoms with Crippen LogP contribution in [0.4, 0.5) is 5.13 Å². The molecule has 0 atom stereocenters. The summed E-state index contributed by atoms with van der Waals surface area (Å²) in [5, 5.41) is 1.17. The van der Waals surface area contributed by atoms with E-state index >= 15 is 0 Å². The number of carbonyl (C=O) groups excluding carboxylic acids is 1. The van der Waals surface area contributed by atoms with Crippen molar-refractivity contribution in [1.29, 1.82) is 0 Å². The number of carbonyl (C=O) groups is 1. The van der Waals surface area contributed by atoms with Crippen molar-refractivity contribution in [2.75, 3.05) is 18.3 Å². The maximum Gasteiger partial charge on any atom is 0.267 e. The number of thiazole rings is 1. The summed E-state index contributed by atoms with van der Waals surface area (Å²) >= 11 is 7.32. The molecule has 0 radical (unpaired) electrons. The molecule has 0 spiro atoms. The van der Waals surface area contributed by atoms with Crippen LogP contribution >= 0.6 is 22.9 Å². The van der Waals surface area contributed by atoms with Crippen molar-refractivity contribution in [3.05, 3.63) is 71.5 Å². The fourth-order valence-corrected chi connectivity index (χ4v) is 4.23. The van der Waals surface area contributed by atoms with Crippen LogP contribution in [0.25, 0.3) is 10.2 Å². The van der Waals surface area contributed by atoms with Gasteiger partial charge in [-0.15, -0.1) is 0 Å². The third-order valence-corrected chi connectivity index (χ3v) is 5.94. The molecule has 156 valence electrons. The first kappa shape index (κ1) is 19.6. The van der Waals surface area contributed by atoms with Crippen LogP contribution in [0, 0.1) is 0 Å². The third kappa shape index (κ3) is 4.26. The van der Waals surface area contributed by atoms with Gasteiger partial charge in [0.25, 0.3) is 5.91 Å². The van der Waals surface area contributed by atoms with Crippen molar-refractivity contribution in [2.24, 2.45) is 0 Å². The Kier molecular flexibility index (Phi) is 5.31. The van der Waals surface area contributed by atoms with E-state index in [9.17, 15) is 4.79 Å². The minimum Gasteiger partial charge on any atom is -0.484 e. The van der Waals surface area contributed by atoms with Crippen LogP contribution < -0.4 is 19.1 Å². The van der Waals surface area contributed by atoms with E-state index in [4.69, 9.17) is 25.8 Å². The minimum atomic E-state index is -0.224. The molecule has 0 fully saturated rings. The van der Waals surface area contributed by atoms with Gasteiger partial charge in [0.1, 0.15) is 5.75 Å². The maximum atomic E-state index is 13.1. The summed E-state index contributed by atoms with van der Waals surface area (Å²) in [7, 11) is 0. The average molecular weight is 454 g/mol. The Labute approximate surface area is 186 Å². The Morgan fingerprint density at radius 1 is 1.16 bits per heavy atom. The Bertz CT molecular complexity index is 1190. The topological polar surface area (TPSA) is 73.8 Å². The molecular formula is C22H16ClN3O4S. The molecule has 4 aromatic rings. The Morgan fingerprint density at radius 3 is 2.74 bits per heavy atom. The van der Waals surface area contributed by atoms with Crippen molar-refractivity contribution in [2.45, 2.75) is 6.54 Å². The Balaban J connectivity index is 1.43. The van der Waals surface area contributed by atoms with Gasteiger partial charge in [-0.25, -0.2) is 4.98 Å². The van der Waals surface area contributed by atoms with E-state index in [1.807, 2.05) is 24.3 Å². The number of hydrogen-bond donors (Lipinski definition) is 0. The van der Waals surface area contributed by atoms with Gasteiger partial charge < -0.3 is 14.2 Å². The lowest BCUT2D eigenvalue weighted by molar-refractivity contribution is -0.120. The van der Waals surface area contributed by atoms with Crippen molar-refractivity contribution >= 4 is 44.2 Å². The fourth-order valence-electron chi connectivity index (χ4n) is 3.11. The Morgan fingerprint density at radius 2 is 1.97 bits per heavy atom. The number of aromatic nitrogens is 2. The summed E-state index contributed by atoms with van der Waals surface area (Å²) in [6, 6.07) is 14.3. The van der Waals surface area contributed by atoms with Gasteiger partial charge in [0, 0.05) is 29.5 Å². The second kappa shape index (κ2) is 8.41. The smallest absolute Gasteiger partial charge is 0.267 e. The van der Waals surface area contributed by atoms with Crippen LogP contribution in [0.5, 0.6) is 17.2 Å². The molecule has 0 saturated carbocycles. The number of pyridine rings is 1. The maximum absolute atomic E-state index is 13.1. The monoisotopic (exact) mass is 453 g/mol. The van der Waals surface area contributed by atoms with E-state index in [1.165, 1.54) is 11.3 Å². The number of hydrogen-bond acceptors (Lipinski definition) is 7. The first-order valence-electron chi connectivity index (χ1n) is 9.43. The molecule has 7 nitrogen and oxygen atoms in total. The molecule has 2 aromatic heterocycles. The first-order chi connectivity index (χ1) is 15.2. The van der Waals surface area contributed by atoms with E-state index < -0.39 is 0 Å². The summed E-state index contributed by atoms with van der Waals surface area (Å²) in [5.41, 5.74) is 1.63. The van der Waals surface area contributed by atoms with Gasteiger partial charge in [0.15, 0.2) is 23.2 Å². The molecule has 1 aliphatic heterocycles. The number of ether oxygens (including phenoxy) is 3. The lowest BCUT2D eigenvalue weighted by atomic mass is 10.2.